The highest BCUT2D eigenvalue weighted by Gasteiger charge is 2.46. The lowest BCUT2D eigenvalue weighted by atomic mass is 9.78. The van der Waals surface area contributed by atoms with Crippen LogP contribution in [0.2, 0.25) is 0 Å². The van der Waals surface area contributed by atoms with Crippen LogP contribution in [0, 0.1) is 5.92 Å². The molecule has 6 aromatic heterocycles. The molecule has 0 radical (unpaired) electrons. The Balaban J connectivity index is 0.000000141. The first-order chi connectivity index (χ1) is 40.4. The number of phenols is 3. The van der Waals surface area contributed by atoms with E-state index >= 15 is 0 Å². The number of aromatic hydroxyl groups is 3. The molecule has 0 spiro atoms. The van der Waals surface area contributed by atoms with Crippen LogP contribution in [0.15, 0.2) is 110 Å². The standard InChI is InChI=1S/C21H26FN7O.C19H23N7O.C18H21N7O2/c1-20(2)8-15(18(22)21(3,4)29-20)26-19-23-11-16(27-28-19)14-6-5-12(7-17(14)30)13-9-24-25-10-13;1-12(2)23-15-5-6-26(11-15)19-20-10-17(24-25-19)16-4-3-13(7-18(16)27)14-8-21-22-9-14;1-19-16-9-25(8-13(16)10-26)18-20-7-15(23-24-18)14-3-2-11(4-17(14)27)12-5-21-22-6-12/h5-7,9-11,15,18,29-30H,8H2,1-4H3,(H,24,25)(H,23,26,28);3-4,7-10,12,15,23,27H,5-6,11H2,1-2H3,(H,21,22);2-7,13,16,19,26-27H,8-10H2,1H3,(H,21,22)/t15?,18-;15-;13-,16+/m110/s1. The predicted molar refractivity (Wildman–Crippen MR) is 316 cm³/mol. The highest BCUT2D eigenvalue weighted by atomic mass is 19.1. The first-order valence-electron chi connectivity index (χ1n) is 27.7. The van der Waals surface area contributed by atoms with E-state index in [1.54, 1.807) is 79.9 Å². The first-order valence-corrected chi connectivity index (χ1v) is 27.7. The van der Waals surface area contributed by atoms with E-state index in [0.717, 1.165) is 52.9 Å². The lowest BCUT2D eigenvalue weighted by molar-refractivity contribution is 0.0654. The van der Waals surface area contributed by atoms with Gasteiger partial charge in [0, 0.05) is 120 Å². The molecule has 11 N–H and O–H groups in total. The highest BCUT2D eigenvalue weighted by Crippen LogP contribution is 2.36. The number of halogens is 1. The zero-order chi connectivity index (χ0) is 59.1. The summed E-state index contributed by atoms with van der Waals surface area (Å²) in [6, 6.07) is 16.7. The maximum atomic E-state index is 15.0. The molecular weight excluding hydrogens is 1070 g/mol. The number of phenolic OH excluding ortho intramolecular Hbond substituents is 3. The summed E-state index contributed by atoms with van der Waals surface area (Å²) in [5.74, 6) is 1.85. The Morgan fingerprint density at radius 1 is 0.607 bits per heavy atom. The fourth-order valence-corrected chi connectivity index (χ4v) is 11.1. The molecule has 0 saturated carbocycles. The van der Waals surface area contributed by atoms with Gasteiger partial charge in [0.2, 0.25) is 17.8 Å². The molecule has 3 aliphatic heterocycles. The molecule has 84 heavy (non-hydrogen) atoms. The third kappa shape index (κ3) is 13.5. The molecule has 3 aliphatic rings. The third-order valence-corrected chi connectivity index (χ3v) is 15.1. The van der Waals surface area contributed by atoms with Gasteiger partial charge < -0.3 is 51.5 Å². The molecule has 9 heterocycles. The number of aliphatic hydroxyl groups excluding tert-OH is 1. The van der Waals surface area contributed by atoms with Gasteiger partial charge in [0.25, 0.3) is 0 Å². The molecule has 1 unspecified atom stereocenters. The average molecular weight is 1140 g/mol. The Kier molecular flexibility index (Phi) is 17.4. The van der Waals surface area contributed by atoms with Crippen LogP contribution in [-0.4, -0.2) is 178 Å². The summed E-state index contributed by atoms with van der Waals surface area (Å²) in [5, 5.41) is 99.2. The van der Waals surface area contributed by atoms with E-state index in [1.165, 1.54) is 6.20 Å². The number of piperidine rings is 1. The summed E-state index contributed by atoms with van der Waals surface area (Å²) >= 11 is 0. The molecular formula is C58H70FN21O4. The number of aromatic nitrogens is 15. The third-order valence-electron chi connectivity index (χ3n) is 15.1. The smallest absolute Gasteiger partial charge is 0.245 e. The van der Waals surface area contributed by atoms with Crippen LogP contribution in [-0.2, 0) is 0 Å². The SMILES string of the molecule is CC(C)N[C@@H]1CCN(c2ncc(-c3ccc(-c4cn[nH]c4)cc3O)nn2)C1.CC1(C)CC(Nc2ncc(-c3ccc(-c4cn[nH]c4)cc3O)nn2)[C@@H](F)C(C)(C)N1.CN[C@@H]1CN(c2ncc(-c3ccc(-c4cn[nH]c4)cc3O)nn2)C[C@H]1CO. The number of aliphatic hydroxyl groups is 1. The number of hydrogen-bond acceptors (Lipinski definition) is 22. The largest absolute Gasteiger partial charge is 0.507 e. The lowest BCUT2D eigenvalue weighted by Gasteiger charge is -2.48. The summed E-state index contributed by atoms with van der Waals surface area (Å²) in [4.78, 5) is 17.3. The monoisotopic (exact) mass is 1140 g/mol. The van der Waals surface area contributed by atoms with Gasteiger partial charge in [0.15, 0.2) is 0 Å². The number of rotatable bonds is 14. The van der Waals surface area contributed by atoms with Crippen molar-refractivity contribution in [2.75, 3.05) is 55.0 Å². The zero-order valence-electron chi connectivity index (χ0n) is 47.7. The van der Waals surface area contributed by atoms with Crippen molar-refractivity contribution in [1.82, 2.24) is 92.1 Å². The zero-order valence-corrected chi connectivity index (χ0v) is 47.7. The van der Waals surface area contributed by atoms with E-state index in [-0.39, 0.29) is 47.3 Å². The van der Waals surface area contributed by atoms with Crippen molar-refractivity contribution in [3.8, 4) is 84.4 Å². The van der Waals surface area contributed by atoms with Gasteiger partial charge in [-0.25, -0.2) is 19.3 Å². The number of alkyl halides is 1. The second kappa shape index (κ2) is 25.2. The van der Waals surface area contributed by atoms with Crippen LogP contribution in [0.3, 0.4) is 0 Å². The Morgan fingerprint density at radius 3 is 1.49 bits per heavy atom. The highest BCUT2D eigenvalue weighted by molar-refractivity contribution is 5.76. The molecule has 5 atom stereocenters. The summed E-state index contributed by atoms with van der Waals surface area (Å²) in [6.07, 6.45) is 15.7. The van der Waals surface area contributed by atoms with Gasteiger partial charge in [-0.05, 0) is 101 Å². The van der Waals surface area contributed by atoms with Crippen molar-refractivity contribution < 1.29 is 24.8 Å². The van der Waals surface area contributed by atoms with Gasteiger partial charge in [-0.3, -0.25) is 15.3 Å². The number of nitrogens with one attached hydrogen (secondary N) is 7. The van der Waals surface area contributed by atoms with E-state index in [4.69, 9.17) is 0 Å². The van der Waals surface area contributed by atoms with Crippen LogP contribution >= 0.6 is 0 Å². The summed E-state index contributed by atoms with van der Waals surface area (Å²) in [6.45, 7) is 15.4. The molecule has 26 heteroatoms. The molecule has 12 rings (SSSR count). The number of likely N-dealkylation sites (N-methyl/N-ethyl adjacent to an activating group) is 1. The average Bonchev–Trinajstić information content (AvgIpc) is 3.80. The lowest BCUT2D eigenvalue weighted by Crippen LogP contribution is -2.67. The Labute approximate surface area is 484 Å². The minimum absolute atomic E-state index is 0.0659. The summed E-state index contributed by atoms with van der Waals surface area (Å²) in [7, 11) is 1.88. The number of benzene rings is 3. The van der Waals surface area contributed by atoms with Crippen molar-refractivity contribution in [2.45, 2.75) is 95.8 Å². The quantitative estimate of drug-likeness (QED) is 0.0580. The topological polar surface area (TPSA) is 338 Å². The van der Waals surface area contributed by atoms with Crippen molar-refractivity contribution in [3.63, 3.8) is 0 Å². The van der Waals surface area contributed by atoms with Crippen molar-refractivity contribution >= 4 is 17.8 Å². The van der Waals surface area contributed by atoms with Crippen LogP contribution < -0.4 is 31.1 Å². The number of anilines is 3. The molecule has 0 aliphatic carbocycles. The first kappa shape index (κ1) is 58.1. The minimum Gasteiger partial charge on any atom is -0.507 e. The number of nitrogens with zero attached hydrogens (tertiary/aromatic N) is 14. The number of aromatic amines is 3. The maximum Gasteiger partial charge on any atom is 0.245 e. The molecule has 438 valence electrons. The normalized spacial score (nSPS) is 19.8. The maximum absolute atomic E-state index is 15.0. The van der Waals surface area contributed by atoms with E-state index in [9.17, 15) is 24.8 Å². The molecule has 3 saturated heterocycles. The molecule has 0 bridgehead atoms. The van der Waals surface area contributed by atoms with Crippen LogP contribution in [0.5, 0.6) is 17.2 Å². The van der Waals surface area contributed by atoms with E-state index in [2.05, 4.69) is 116 Å². The van der Waals surface area contributed by atoms with Crippen molar-refractivity contribution in [3.05, 3.63) is 110 Å². The summed E-state index contributed by atoms with van der Waals surface area (Å²) < 4.78 is 15.0. The van der Waals surface area contributed by atoms with Gasteiger partial charge in [-0.2, -0.15) is 15.3 Å². The number of hydrogen-bond donors (Lipinski definition) is 11. The number of H-pyrrole nitrogens is 3. The van der Waals surface area contributed by atoms with Gasteiger partial charge in [0.05, 0.1) is 43.2 Å². The molecule has 3 fully saturated rings. The second-order valence-electron chi connectivity index (χ2n) is 22.7. The van der Waals surface area contributed by atoms with Gasteiger partial charge in [-0.15, -0.1) is 30.6 Å². The molecule has 0 amide bonds. The van der Waals surface area contributed by atoms with Crippen LogP contribution in [0.1, 0.15) is 54.4 Å². The molecule has 25 nitrogen and oxygen atoms in total. The Bertz CT molecular complexity index is 3540. The fourth-order valence-electron chi connectivity index (χ4n) is 11.1. The molecule has 9 aromatic rings. The van der Waals surface area contributed by atoms with Gasteiger partial charge >= 0.3 is 0 Å². The Morgan fingerprint density at radius 2 is 1.10 bits per heavy atom. The van der Waals surface area contributed by atoms with Crippen LogP contribution in [0.4, 0.5) is 22.2 Å². The summed E-state index contributed by atoms with van der Waals surface area (Å²) in [5.41, 5.74) is 7.50. The Hall–Kier alpha value is -9.11. The predicted octanol–water partition coefficient (Wildman–Crippen LogP) is 6.17. The van der Waals surface area contributed by atoms with Crippen molar-refractivity contribution in [1.29, 1.82) is 0 Å². The van der Waals surface area contributed by atoms with E-state index in [1.807, 2.05) is 63.9 Å². The molecule has 3 aromatic carbocycles. The fraction of sp³-hybridized carbons (Fsp3) is 0.379. The second-order valence-corrected chi connectivity index (χ2v) is 22.7. The van der Waals surface area contributed by atoms with Gasteiger partial charge in [-0.1, -0.05) is 32.0 Å². The van der Waals surface area contributed by atoms with E-state index in [0.29, 0.717) is 77.3 Å². The van der Waals surface area contributed by atoms with Crippen LogP contribution in [0.25, 0.3) is 67.2 Å². The minimum atomic E-state index is -1.12. The van der Waals surface area contributed by atoms with E-state index < -0.39 is 17.8 Å². The van der Waals surface area contributed by atoms with Gasteiger partial charge in [0.1, 0.15) is 40.5 Å². The van der Waals surface area contributed by atoms with Crippen molar-refractivity contribution in [2.24, 2.45) is 5.92 Å².